The molecule has 0 aromatic rings. The predicted octanol–water partition coefficient (Wildman–Crippen LogP) is 1.66. The topological polar surface area (TPSA) is 55.1 Å². The van der Waals surface area contributed by atoms with E-state index >= 15 is 0 Å². The predicted molar refractivity (Wildman–Crippen MR) is 62.4 cm³/mol. The summed E-state index contributed by atoms with van der Waals surface area (Å²) >= 11 is 0. The molecule has 0 radical (unpaired) electrons. The number of carbonyl (C=O) groups excluding carboxylic acids is 1. The van der Waals surface area contributed by atoms with Crippen LogP contribution in [-0.2, 0) is 4.79 Å². The summed E-state index contributed by atoms with van der Waals surface area (Å²) in [6, 6.07) is 0.0120. The van der Waals surface area contributed by atoms with Gasteiger partial charge in [0.25, 0.3) is 0 Å². The first-order chi connectivity index (χ1) is 7.10. The minimum atomic E-state index is -0.335. The standard InChI is InChI=1S/C12H24N2O/c1-4-9-6-7-11(8(9)3)14-12(15)10(13)5-2/h8-11H,4-7,13H2,1-3H3,(H,14,15)/t8?,9?,10-,11?/m1/s1. The van der Waals surface area contributed by atoms with Crippen molar-refractivity contribution in [1.82, 2.24) is 5.32 Å². The normalized spacial score (nSPS) is 32.7. The van der Waals surface area contributed by atoms with Gasteiger partial charge in [0.05, 0.1) is 6.04 Å². The second kappa shape index (κ2) is 5.50. The molecule has 1 amide bonds. The first-order valence-corrected chi connectivity index (χ1v) is 6.16. The van der Waals surface area contributed by atoms with Gasteiger partial charge < -0.3 is 11.1 Å². The lowest BCUT2D eigenvalue weighted by Crippen LogP contribution is -2.46. The first-order valence-electron chi connectivity index (χ1n) is 6.16. The Labute approximate surface area is 92.8 Å². The maximum Gasteiger partial charge on any atom is 0.237 e. The second-order valence-corrected chi connectivity index (χ2v) is 4.73. The highest BCUT2D eigenvalue weighted by Gasteiger charge is 2.32. The van der Waals surface area contributed by atoms with Crippen LogP contribution in [0.5, 0.6) is 0 Å². The summed E-state index contributed by atoms with van der Waals surface area (Å²) in [6.07, 6.45) is 4.28. The molecule has 0 spiro atoms. The van der Waals surface area contributed by atoms with Crippen molar-refractivity contribution >= 4 is 5.91 Å². The molecule has 0 aromatic heterocycles. The van der Waals surface area contributed by atoms with Gasteiger partial charge in [-0.05, 0) is 31.1 Å². The number of hydrogen-bond acceptors (Lipinski definition) is 2. The molecule has 1 rings (SSSR count). The Morgan fingerprint density at radius 1 is 1.47 bits per heavy atom. The van der Waals surface area contributed by atoms with E-state index in [0.29, 0.717) is 18.4 Å². The van der Waals surface area contributed by atoms with Crippen molar-refractivity contribution < 1.29 is 4.79 Å². The molecule has 4 atom stereocenters. The van der Waals surface area contributed by atoms with E-state index in [1.807, 2.05) is 6.92 Å². The maximum atomic E-state index is 11.6. The zero-order valence-electron chi connectivity index (χ0n) is 10.1. The molecule has 3 unspecified atom stereocenters. The summed E-state index contributed by atoms with van der Waals surface area (Å²) in [5.74, 6) is 1.39. The van der Waals surface area contributed by atoms with Crippen molar-refractivity contribution in [1.29, 1.82) is 0 Å². The maximum absolute atomic E-state index is 11.6. The SMILES string of the molecule is CCC1CCC(NC(=O)[C@H](N)CC)C1C. The van der Waals surface area contributed by atoms with Crippen LogP contribution in [0.2, 0.25) is 0 Å². The highest BCUT2D eigenvalue weighted by Crippen LogP contribution is 2.33. The van der Waals surface area contributed by atoms with Crippen LogP contribution in [0.15, 0.2) is 0 Å². The van der Waals surface area contributed by atoms with Crippen molar-refractivity contribution in [2.24, 2.45) is 17.6 Å². The van der Waals surface area contributed by atoms with Gasteiger partial charge in [0.2, 0.25) is 5.91 Å². The Morgan fingerprint density at radius 2 is 2.13 bits per heavy atom. The van der Waals surface area contributed by atoms with E-state index in [0.717, 1.165) is 12.3 Å². The zero-order valence-corrected chi connectivity index (χ0v) is 10.1. The molecule has 1 aliphatic carbocycles. The van der Waals surface area contributed by atoms with Crippen molar-refractivity contribution in [3.05, 3.63) is 0 Å². The molecule has 1 aliphatic rings. The van der Waals surface area contributed by atoms with Gasteiger partial charge in [0, 0.05) is 6.04 Å². The van der Waals surface area contributed by atoms with Crippen LogP contribution in [0.1, 0.15) is 46.5 Å². The van der Waals surface area contributed by atoms with E-state index in [4.69, 9.17) is 5.73 Å². The van der Waals surface area contributed by atoms with E-state index in [-0.39, 0.29) is 11.9 Å². The monoisotopic (exact) mass is 212 g/mol. The number of nitrogens with one attached hydrogen (secondary N) is 1. The smallest absolute Gasteiger partial charge is 0.237 e. The first kappa shape index (κ1) is 12.5. The molecular formula is C12H24N2O. The van der Waals surface area contributed by atoms with Crippen LogP contribution >= 0.6 is 0 Å². The van der Waals surface area contributed by atoms with Crippen LogP contribution < -0.4 is 11.1 Å². The fourth-order valence-electron chi connectivity index (χ4n) is 2.50. The largest absolute Gasteiger partial charge is 0.352 e. The fraction of sp³-hybridized carbons (Fsp3) is 0.917. The molecule has 0 saturated heterocycles. The van der Waals surface area contributed by atoms with Gasteiger partial charge in [-0.3, -0.25) is 4.79 Å². The zero-order chi connectivity index (χ0) is 11.4. The van der Waals surface area contributed by atoms with Crippen LogP contribution in [0.3, 0.4) is 0 Å². The van der Waals surface area contributed by atoms with Gasteiger partial charge >= 0.3 is 0 Å². The molecule has 0 bridgehead atoms. The van der Waals surface area contributed by atoms with Crippen molar-refractivity contribution in [3.8, 4) is 0 Å². The van der Waals surface area contributed by atoms with E-state index in [2.05, 4.69) is 19.2 Å². The lowest BCUT2D eigenvalue weighted by molar-refractivity contribution is -0.123. The summed E-state index contributed by atoms with van der Waals surface area (Å²) in [4.78, 5) is 11.6. The van der Waals surface area contributed by atoms with Crippen LogP contribution in [-0.4, -0.2) is 18.0 Å². The lowest BCUT2D eigenvalue weighted by atomic mass is 9.93. The molecule has 1 fully saturated rings. The average Bonchev–Trinajstić information content (AvgIpc) is 2.58. The van der Waals surface area contributed by atoms with Gasteiger partial charge in [-0.25, -0.2) is 0 Å². The number of nitrogens with two attached hydrogens (primary N) is 1. The molecule has 88 valence electrons. The highest BCUT2D eigenvalue weighted by molar-refractivity contribution is 5.81. The van der Waals surface area contributed by atoms with Gasteiger partial charge in [-0.2, -0.15) is 0 Å². The Hall–Kier alpha value is -0.570. The van der Waals surface area contributed by atoms with Gasteiger partial charge in [0.15, 0.2) is 0 Å². The fourth-order valence-corrected chi connectivity index (χ4v) is 2.50. The number of rotatable bonds is 4. The van der Waals surface area contributed by atoms with Crippen LogP contribution in [0.25, 0.3) is 0 Å². The van der Waals surface area contributed by atoms with Crippen molar-refractivity contribution in [3.63, 3.8) is 0 Å². The quantitative estimate of drug-likeness (QED) is 0.744. The Bertz CT molecular complexity index is 218. The van der Waals surface area contributed by atoms with E-state index in [9.17, 15) is 4.79 Å². The van der Waals surface area contributed by atoms with E-state index in [1.165, 1.54) is 12.8 Å². The molecule has 0 aliphatic heterocycles. The van der Waals surface area contributed by atoms with E-state index < -0.39 is 0 Å². The molecule has 3 N–H and O–H groups in total. The van der Waals surface area contributed by atoms with Crippen LogP contribution in [0.4, 0.5) is 0 Å². The third-order valence-electron chi connectivity index (χ3n) is 3.86. The highest BCUT2D eigenvalue weighted by atomic mass is 16.2. The third-order valence-corrected chi connectivity index (χ3v) is 3.86. The summed E-state index contributed by atoms with van der Waals surface area (Å²) in [5, 5.41) is 3.08. The summed E-state index contributed by atoms with van der Waals surface area (Å²) in [6.45, 7) is 6.41. The molecule has 0 aromatic carbocycles. The molecule has 3 nitrogen and oxygen atoms in total. The third kappa shape index (κ3) is 2.94. The Kier molecular flexibility index (Phi) is 4.58. The van der Waals surface area contributed by atoms with Gasteiger partial charge in [-0.15, -0.1) is 0 Å². The van der Waals surface area contributed by atoms with Crippen molar-refractivity contribution in [2.45, 2.75) is 58.5 Å². The molecule has 1 saturated carbocycles. The van der Waals surface area contributed by atoms with Crippen LogP contribution in [0, 0.1) is 11.8 Å². The minimum Gasteiger partial charge on any atom is -0.352 e. The summed E-state index contributed by atoms with van der Waals surface area (Å²) in [7, 11) is 0. The average molecular weight is 212 g/mol. The Balaban J connectivity index is 2.43. The molecule has 0 heterocycles. The molecular weight excluding hydrogens is 188 g/mol. The lowest BCUT2D eigenvalue weighted by Gasteiger charge is -2.22. The molecule has 15 heavy (non-hydrogen) atoms. The van der Waals surface area contributed by atoms with Gasteiger partial charge in [0.1, 0.15) is 0 Å². The Morgan fingerprint density at radius 3 is 2.60 bits per heavy atom. The second-order valence-electron chi connectivity index (χ2n) is 4.73. The minimum absolute atomic E-state index is 0.0195. The van der Waals surface area contributed by atoms with Crippen molar-refractivity contribution in [2.75, 3.05) is 0 Å². The molecule has 3 heteroatoms. The number of carbonyl (C=O) groups is 1. The summed E-state index contributed by atoms with van der Waals surface area (Å²) < 4.78 is 0. The van der Waals surface area contributed by atoms with Gasteiger partial charge in [-0.1, -0.05) is 27.2 Å². The number of amides is 1. The number of hydrogen-bond donors (Lipinski definition) is 2. The van der Waals surface area contributed by atoms with E-state index in [1.54, 1.807) is 0 Å². The summed E-state index contributed by atoms with van der Waals surface area (Å²) in [5.41, 5.74) is 5.70.